The number of hydrogen-bond acceptors (Lipinski definition) is 16. The minimum atomic E-state index is -1.16. The molecule has 2 fully saturated rings. The van der Waals surface area contributed by atoms with Crippen LogP contribution in [0.3, 0.4) is 0 Å². The number of benzene rings is 3. The molecular formula is C63H84N10O11S. The number of thiazole rings is 1. The van der Waals surface area contributed by atoms with Gasteiger partial charge in [-0.3, -0.25) is 33.2 Å². The molecule has 0 spiro atoms. The van der Waals surface area contributed by atoms with Gasteiger partial charge in [0, 0.05) is 64.6 Å². The van der Waals surface area contributed by atoms with Crippen molar-refractivity contribution in [2.75, 3.05) is 79.0 Å². The zero-order valence-corrected chi connectivity index (χ0v) is 50.9. The van der Waals surface area contributed by atoms with Gasteiger partial charge in [0.05, 0.1) is 105 Å². The maximum absolute atomic E-state index is 14.1. The minimum Gasteiger partial charge on any atom is -0.391 e. The molecular weight excluding hydrogens is 1100 g/mol. The van der Waals surface area contributed by atoms with Gasteiger partial charge in [-0.25, -0.2) is 9.97 Å². The third kappa shape index (κ3) is 17.5. The number of nitrogens with one attached hydrogen (secondary N) is 3. The summed E-state index contributed by atoms with van der Waals surface area (Å²) >= 11 is 1.57. The van der Waals surface area contributed by atoms with Crippen molar-refractivity contribution in [1.82, 2.24) is 50.1 Å². The van der Waals surface area contributed by atoms with Crippen LogP contribution in [-0.4, -0.2) is 171 Å². The number of ether oxygens (including phenoxy) is 4. The van der Waals surface area contributed by atoms with Crippen LogP contribution in [0.15, 0.2) is 95.5 Å². The predicted octanol–water partition coefficient (Wildman–Crippen LogP) is 5.69. The summed E-state index contributed by atoms with van der Waals surface area (Å²) in [5.41, 5.74) is 7.04. The highest BCUT2D eigenvalue weighted by atomic mass is 32.1. The van der Waals surface area contributed by atoms with E-state index in [1.54, 1.807) is 23.1 Å². The lowest BCUT2D eigenvalue weighted by molar-refractivity contribution is -0.144. The minimum absolute atomic E-state index is 0.0158. The second-order valence-electron chi connectivity index (χ2n) is 23.4. The molecule has 22 heteroatoms. The SMILES string of the molecule is Cc1ncsc1-c1ccc([C@H](C)NC(=O)[C@@H]2C[C@@H](O)CN2C(=O)[C@@H](NC(=O)CCOCCOCCOCCOCCNCc2ccc(-c3c4ncn(CC5(O)CCN(C(=O)C[C@@H](C)c6ccccc6)CC5)c(=O)c4nn3C)cc2)C(C)(C)C)cc1. The van der Waals surface area contributed by atoms with Gasteiger partial charge in [0.1, 0.15) is 17.6 Å². The number of hydrogen-bond donors (Lipinski definition) is 5. The summed E-state index contributed by atoms with van der Waals surface area (Å²) in [4.78, 5) is 80.9. The average molecular weight is 1190 g/mol. The van der Waals surface area contributed by atoms with Crippen LogP contribution >= 0.6 is 11.3 Å². The Morgan fingerprint density at radius 2 is 1.44 bits per heavy atom. The van der Waals surface area contributed by atoms with Crippen LogP contribution in [0.25, 0.3) is 32.7 Å². The zero-order valence-electron chi connectivity index (χ0n) is 50.1. The number of aliphatic hydroxyl groups is 2. The van der Waals surface area contributed by atoms with E-state index in [4.69, 9.17) is 18.9 Å². The summed E-state index contributed by atoms with van der Waals surface area (Å²) in [6, 6.07) is 23.7. The molecule has 0 bridgehead atoms. The highest BCUT2D eigenvalue weighted by Gasteiger charge is 2.45. The molecule has 8 rings (SSSR count). The van der Waals surface area contributed by atoms with Crippen LogP contribution in [-0.2, 0) is 58.3 Å². The molecule has 0 saturated carbocycles. The molecule has 0 unspecified atom stereocenters. The van der Waals surface area contributed by atoms with Crippen molar-refractivity contribution >= 4 is 46.0 Å². The Balaban J connectivity index is 0.651. The number of nitrogens with zero attached hydrogens (tertiary/aromatic N) is 7. The number of fused-ring (bicyclic) bond motifs is 1. The van der Waals surface area contributed by atoms with Gasteiger partial charge in [-0.1, -0.05) is 107 Å². The van der Waals surface area contributed by atoms with Gasteiger partial charge in [0.25, 0.3) is 5.56 Å². The molecule has 5 N–H and O–H groups in total. The lowest BCUT2D eigenvalue weighted by atomic mass is 9.85. The van der Waals surface area contributed by atoms with Crippen molar-refractivity contribution in [1.29, 1.82) is 0 Å². The van der Waals surface area contributed by atoms with Gasteiger partial charge in [0.15, 0.2) is 5.52 Å². The lowest BCUT2D eigenvalue weighted by Gasteiger charge is -2.38. The first-order chi connectivity index (χ1) is 40.8. The van der Waals surface area contributed by atoms with E-state index >= 15 is 0 Å². The first-order valence-electron chi connectivity index (χ1n) is 29.5. The Labute approximate surface area is 501 Å². The molecule has 85 heavy (non-hydrogen) atoms. The van der Waals surface area contributed by atoms with E-state index in [0.29, 0.717) is 90.6 Å². The first-order valence-corrected chi connectivity index (χ1v) is 30.3. The largest absolute Gasteiger partial charge is 0.391 e. The van der Waals surface area contributed by atoms with Gasteiger partial charge in [-0.05, 0) is 60.3 Å². The molecule has 5 atom stereocenters. The molecule has 21 nitrogen and oxygen atoms in total. The van der Waals surface area contributed by atoms with Crippen LogP contribution in [0.5, 0.6) is 0 Å². The third-order valence-corrected chi connectivity index (χ3v) is 16.8. The normalized spacial score (nSPS) is 17.2. The van der Waals surface area contributed by atoms with Gasteiger partial charge in [-0.15, -0.1) is 11.3 Å². The zero-order chi connectivity index (χ0) is 60.7. The highest BCUT2D eigenvalue weighted by molar-refractivity contribution is 7.13. The molecule has 6 aromatic rings. The number of aryl methyl sites for hydroxylation is 2. The number of likely N-dealkylation sites (tertiary alicyclic amines) is 2. The lowest BCUT2D eigenvalue weighted by Crippen LogP contribution is -2.58. The van der Waals surface area contributed by atoms with E-state index < -0.39 is 35.1 Å². The number of β-amino-alcohol motifs (C(OH)–C–C–N with tert-alkyl or cyclic N) is 1. The smallest absolute Gasteiger partial charge is 0.281 e. The third-order valence-electron chi connectivity index (χ3n) is 15.8. The second kappa shape index (κ2) is 30.0. The quantitative estimate of drug-likeness (QED) is 0.0354. The first kappa shape index (κ1) is 64.2. The number of aliphatic hydroxyl groups excluding tert-OH is 1. The Hall–Kier alpha value is -6.76. The molecule has 2 aliphatic heterocycles. The van der Waals surface area contributed by atoms with Crippen LogP contribution in [0, 0.1) is 12.3 Å². The highest BCUT2D eigenvalue weighted by Crippen LogP contribution is 2.32. The molecule has 458 valence electrons. The molecule has 2 aliphatic rings. The fraction of sp³-hybridized carbons (Fsp3) is 0.524. The Kier molecular flexibility index (Phi) is 22.7. The summed E-state index contributed by atoms with van der Waals surface area (Å²) in [5, 5.41) is 36.0. The van der Waals surface area contributed by atoms with Crippen molar-refractivity contribution in [3.05, 3.63) is 123 Å². The standard InChI is InChI=1S/C63H84N10O11S/c1-42(46-11-9-8-10-12-46)35-53(76)71-25-22-63(80,23-26-71)39-72-40-65-54-55(60(72)78)69-70(7)56(54)48-15-13-45(14-16-48)37-64-24-28-82-30-32-84-34-33-83-31-29-81-27-21-52(75)68-58(62(4,5)6)61(79)73-38-50(74)36-51(73)59(77)67-43(2)47-17-19-49(20-18-47)57-44(3)66-41-85-57/h8-20,40-43,50-51,58,64,74,80H,21-39H2,1-7H3,(H,67,77)(H,68,75)/t42-,43+,50-,51+,58-/m1/s1. The van der Waals surface area contributed by atoms with Gasteiger partial charge in [-0.2, -0.15) is 5.10 Å². The van der Waals surface area contributed by atoms with Gasteiger partial charge in [0.2, 0.25) is 23.6 Å². The van der Waals surface area contributed by atoms with E-state index in [2.05, 4.69) is 37.9 Å². The summed E-state index contributed by atoms with van der Waals surface area (Å²) < 4.78 is 25.7. The van der Waals surface area contributed by atoms with Crippen molar-refractivity contribution < 1.29 is 48.3 Å². The Bertz CT molecular complexity index is 3210. The Morgan fingerprint density at radius 1 is 0.800 bits per heavy atom. The van der Waals surface area contributed by atoms with Gasteiger partial charge < -0.3 is 54.9 Å². The fourth-order valence-corrected chi connectivity index (χ4v) is 11.6. The second-order valence-corrected chi connectivity index (χ2v) is 24.3. The van der Waals surface area contributed by atoms with E-state index in [0.717, 1.165) is 44.1 Å². The van der Waals surface area contributed by atoms with E-state index in [1.165, 1.54) is 15.8 Å². The molecule has 4 amide bonds. The number of amides is 4. The van der Waals surface area contributed by atoms with E-state index in [9.17, 15) is 34.2 Å². The number of carbonyl (C=O) groups is 4. The molecule has 0 aliphatic carbocycles. The summed E-state index contributed by atoms with van der Waals surface area (Å²) in [5.74, 6) is -1.01. The number of aromatic nitrogens is 5. The molecule has 3 aromatic carbocycles. The predicted molar refractivity (Wildman–Crippen MR) is 324 cm³/mol. The van der Waals surface area contributed by atoms with Crippen molar-refractivity contribution in [3.8, 4) is 21.7 Å². The maximum Gasteiger partial charge on any atom is 0.281 e. The molecule has 0 radical (unpaired) electrons. The fourth-order valence-electron chi connectivity index (χ4n) is 10.8. The van der Waals surface area contributed by atoms with Crippen molar-refractivity contribution in [3.63, 3.8) is 0 Å². The maximum atomic E-state index is 14.1. The van der Waals surface area contributed by atoms with Crippen LogP contribution in [0.1, 0.15) is 101 Å². The molecule has 3 aromatic heterocycles. The Morgan fingerprint density at radius 3 is 2.07 bits per heavy atom. The number of piperidine rings is 1. The van der Waals surface area contributed by atoms with E-state index in [1.807, 2.05) is 124 Å². The van der Waals surface area contributed by atoms with Gasteiger partial charge >= 0.3 is 0 Å². The summed E-state index contributed by atoms with van der Waals surface area (Å²) in [7, 11) is 1.79. The van der Waals surface area contributed by atoms with Crippen LogP contribution in [0.4, 0.5) is 0 Å². The van der Waals surface area contributed by atoms with E-state index in [-0.39, 0.29) is 79.9 Å². The summed E-state index contributed by atoms with van der Waals surface area (Å²) in [6.07, 6.45) is 1.83. The monoisotopic (exact) mass is 1190 g/mol. The van der Waals surface area contributed by atoms with Crippen LogP contribution < -0.4 is 21.5 Å². The van der Waals surface area contributed by atoms with Crippen molar-refractivity contribution in [2.24, 2.45) is 12.5 Å². The number of rotatable bonds is 29. The molecule has 2 saturated heterocycles. The average Bonchev–Trinajstić information content (AvgIpc) is 2.68. The number of carbonyl (C=O) groups excluding carboxylic acids is 4. The topological polar surface area (TPSA) is 254 Å². The summed E-state index contributed by atoms with van der Waals surface area (Å²) in [6.45, 7) is 16.4. The molecule has 5 heterocycles. The van der Waals surface area contributed by atoms with Crippen LogP contribution in [0.2, 0.25) is 0 Å². The van der Waals surface area contributed by atoms with Crippen molar-refractivity contribution in [2.45, 2.75) is 122 Å².